The zero-order chi connectivity index (χ0) is 9.68. The van der Waals surface area contributed by atoms with E-state index in [1.54, 1.807) is 12.1 Å². The largest absolute Gasteiger partial charge is 0.423 e. The Morgan fingerprint density at radius 1 is 1.38 bits per heavy atom. The van der Waals surface area contributed by atoms with Gasteiger partial charge in [0.2, 0.25) is 0 Å². The fourth-order valence-electron chi connectivity index (χ4n) is 0.812. The number of rotatable bonds is 3. The minimum Gasteiger partial charge on any atom is -0.423 e. The van der Waals surface area contributed by atoms with Gasteiger partial charge in [-0.3, -0.25) is 0 Å². The van der Waals surface area contributed by atoms with Gasteiger partial charge in [-0.25, -0.2) is 4.79 Å². The Labute approximate surface area is 77.8 Å². The van der Waals surface area contributed by atoms with Crippen LogP contribution >= 0.6 is 0 Å². The number of ether oxygens (including phenoxy) is 1. The summed E-state index contributed by atoms with van der Waals surface area (Å²) in [4.78, 5) is 11.2. The molecule has 1 rings (SSSR count). The quantitative estimate of drug-likeness (QED) is 0.402. The maximum Gasteiger partial charge on any atom is 0.338 e. The van der Waals surface area contributed by atoms with Crippen molar-refractivity contribution >= 4 is 5.97 Å². The highest BCUT2D eigenvalue weighted by atomic mass is 16.5. The van der Waals surface area contributed by atoms with E-state index < -0.39 is 0 Å². The molecule has 1 aromatic carbocycles. The molecular formula is C11H12O2. The summed E-state index contributed by atoms with van der Waals surface area (Å²) < 4.78 is 5.03. The third-order valence-corrected chi connectivity index (χ3v) is 1.67. The van der Waals surface area contributed by atoms with Crippen LogP contribution in [0, 0.1) is 0 Å². The number of carbonyl (C=O) groups is 1. The van der Waals surface area contributed by atoms with Crippen molar-refractivity contribution in [2.75, 3.05) is 0 Å². The summed E-state index contributed by atoms with van der Waals surface area (Å²) in [6, 6.07) is 8.97. The second kappa shape index (κ2) is 4.45. The average Bonchev–Trinajstić information content (AvgIpc) is 2.18. The second-order valence-electron chi connectivity index (χ2n) is 2.66. The van der Waals surface area contributed by atoms with Gasteiger partial charge >= 0.3 is 5.97 Å². The second-order valence-corrected chi connectivity index (χ2v) is 2.66. The van der Waals surface area contributed by atoms with E-state index in [-0.39, 0.29) is 5.97 Å². The van der Waals surface area contributed by atoms with Crippen LogP contribution in [0.4, 0.5) is 0 Å². The Kier molecular flexibility index (Phi) is 3.26. The molecule has 0 saturated carbocycles. The lowest BCUT2D eigenvalue weighted by Crippen LogP contribution is -2.09. The Morgan fingerprint density at radius 2 is 2.00 bits per heavy atom. The summed E-state index contributed by atoms with van der Waals surface area (Å²) in [6.45, 7) is 5.46. The zero-order valence-corrected chi connectivity index (χ0v) is 7.62. The summed E-state index contributed by atoms with van der Waals surface area (Å²) in [5.41, 5.74) is 0.490. The molecule has 13 heavy (non-hydrogen) atoms. The zero-order valence-electron chi connectivity index (χ0n) is 7.62. The third kappa shape index (κ3) is 2.75. The van der Waals surface area contributed by atoms with Gasteiger partial charge in [-0.15, -0.1) is 0 Å². The number of hydrogen-bond acceptors (Lipinski definition) is 2. The molecule has 0 N–H and O–H groups in total. The summed E-state index contributed by atoms with van der Waals surface area (Å²) in [7, 11) is 0. The van der Waals surface area contributed by atoms with Crippen LogP contribution in [-0.4, -0.2) is 5.97 Å². The van der Waals surface area contributed by atoms with Crippen LogP contribution in [0.3, 0.4) is 0 Å². The topological polar surface area (TPSA) is 26.3 Å². The molecule has 0 saturated heterocycles. The van der Waals surface area contributed by atoms with Crippen LogP contribution in [-0.2, 0) is 4.79 Å². The molecule has 0 aliphatic heterocycles. The van der Waals surface area contributed by atoms with Crippen LogP contribution in [0.5, 0.6) is 5.75 Å². The molecule has 0 bridgehead atoms. The van der Waals surface area contributed by atoms with E-state index in [2.05, 4.69) is 6.58 Å². The first-order valence-corrected chi connectivity index (χ1v) is 4.19. The van der Waals surface area contributed by atoms with Gasteiger partial charge in [-0.1, -0.05) is 31.7 Å². The molecule has 0 aromatic heterocycles. The highest BCUT2D eigenvalue weighted by Gasteiger charge is 2.06. The van der Waals surface area contributed by atoms with E-state index in [4.69, 9.17) is 4.74 Å². The summed E-state index contributed by atoms with van der Waals surface area (Å²) in [5.74, 6) is 0.204. The van der Waals surface area contributed by atoms with Crippen molar-refractivity contribution in [3.05, 3.63) is 42.5 Å². The molecule has 0 aliphatic rings. The predicted molar refractivity (Wildman–Crippen MR) is 51.5 cm³/mol. The minimum absolute atomic E-state index is 0.353. The van der Waals surface area contributed by atoms with Gasteiger partial charge in [0.05, 0.1) is 0 Å². The lowest BCUT2D eigenvalue weighted by Gasteiger charge is -2.03. The maximum absolute atomic E-state index is 11.2. The van der Waals surface area contributed by atoms with Gasteiger partial charge < -0.3 is 4.74 Å². The van der Waals surface area contributed by atoms with Gasteiger partial charge in [-0.05, 0) is 18.6 Å². The molecule has 2 nitrogen and oxygen atoms in total. The van der Waals surface area contributed by atoms with Gasteiger partial charge in [0.25, 0.3) is 0 Å². The van der Waals surface area contributed by atoms with Crippen LogP contribution in [0.25, 0.3) is 0 Å². The molecule has 0 amide bonds. The van der Waals surface area contributed by atoms with Crippen molar-refractivity contribution in [1.29, 1.82) is 0 Å². The molecule has 0 atom stereocenters. The van der Waals surface area contributed by atoms with E-state index >= 15 is 0 Å². The summed E-state index contributed by atoms with van der Waals surface area (Å²) in [6.07, 6.45) is 0.617. The molecule has 68 valence electrons. The highest BCUT2D eigenvalue weighted by molar-refractivity contribution is 5.89. The number of hydrogen-bond donors (Lipinski definition) is 0. The van der Waals surface area contributed by atoms with Gasteiger partial charge in [0.15, 0.2) is 0 Å². The number of para-hydroxylation sites is 1. The van der Waals surface area contributed by atoms with Crippen molar-refractivity contribution in [2.24, 2.45) is 0 Å². The van der Waals surface area contributed by atoms with Crippen molar-refractivity contribution in [2.45, 2.75) is 13.3 Å². The average molecular weight is 176 g/mol. The Bertz CT molecular complexity index is 301. The number of benzene rings is 1. The Hall–Kier alpha value is -1.57. The first-order chi connectivity index (χ1) is 6.24. The number of carbonyl (C=O) groups excluding carboxylic acids is 1. The highest BCUT2D eigenvalue weighted by Crippen LogP contribution is 2.11. The lowest BCUT2D eigenvalue weighted by atomic mass is 10.2. The Balaban J connectivity index is 2.60. The molecular weight excluding hydrogens is 164 g/mol. The maximum atomic E-state index is 11.2. The van der Waals surface area contributed by atoms with E-state index in [1.165, 1.54) is 0 Å². The number of esters is 1. The monoisotopic (exact) mass is 176 g/mol. The van der Waals surface area contributed by atoms with Crippen LogP contribution < -0.4 is 4.74 Å². The third-order valence-electron chi connectivity index (χ3n) is 1.67. The molecule has 1 aromatic rings. The Morgan fingerprint density at radius 3 is 2.54 bits per heavy atom. The predicted octanol–water partition coefficient (Wildman–Crippen LogP) is 2.56. The smallest absolute Gasteiger partial charge is 0.338 e. The SMILES string of the molecule is C=C(CC)C(=O)Oc1ccccc1. The molecule has 0 aliphatic carbocycles. The summed E-state index contributed by atoms with van der Waals surface area (Å²) >= 11 is 0. The molecule has 0 radical (unpaired) electrons. The fourth-order valence-corrected chi connectivity index (χ4v) is 0.812. The van der Waals surface area contributed by atoms with Crippen LogP contribution in [0.1, 0.15) is 13.3 Å². The molecule has 0 unspecified atom stereocenters. The molecule has 0 heterocycles. The van der Waals surface area contributed by atoms with Crippen molar-refractivity contribution in [1.82, 2.24) is 0 Å². The lowest BCUT2D eigenvalue weighted by molar-refractivity contribution is -0.130. The minimum atomic E-state index is -0.353. The van der Waals surface area contributed by atoms with Gasteiger partial charge in [0, 0.05) is 5.57 Å². The van der Waals surface area contributed by atoms with E-state index in [0.717, 1.165) is 0 Å². The molecule has 2 heteroatoms. The van der Waals surface area contributed by atoms with E-state index in [9.17, 15) is 4.79 Å². The van der Waals surface area contributed by atoms with E-state index in [1.807, 2.05) is 25.1 Å². The van der Waals surface area contributed by atoms with Crippen molar-refractivity contribution in [3.63, 3.8) is 0 Å². The molecule has 0 fully saturated rings. The normalized spacial score (nSPS) is 9.31. The van der Waals surface area contributed by atoms with Gasteiger partial charge in [0.1, 0.15) is 5.75 Å². The fraction of sp³-hybridized carbons (Fsp3) is 0.182. The molecule has 0 spiro atoms. The van der Waals surface area contributed by atoms with Crippen LogP contribution in [0.2, 0.25) is 0 Å². The first-order valence-electron chi connectivity index (χ1n) is 4.19. The van der Waals surface area contributed by atoms with Crippen molar-refractivity contribution < 1.29 is 9.53 Å². The van der Waals surface area contributed by atoms with Crippen molar-refractivity contribution in [3.8, 4) is 5.75 Å². The van der Waals surface area contributed by atoms with Gasteiger partial charge in [-0.2, -0.15) is 0 Å². The first kappa shape index (κ1) is 9.52. The van der Waals surface area contributed by atoms with E-state index in [0.29, 0.717) is 17.7 Å². The summed E-state index contributed by atoms with van der Waals surface area (Å²) in [5, 5.41) is 0. The van der Waals surface area contributed by atoms with Crippen LogP contribution in [0.15, 0.2) is 42.5 Å². The standard InChI is InChI=1S/C11H12O2/c1-3-9(2)11(12)13-10-7-5-4-6-8-10/h4-8H,2-3H2,1H3.